The molecule has 168 valence electrons. The molecule has 0 aromatic heterocycles. The lowest BCUT2D eigenvalue weighted by atomic mass is 10.0. The van der Waals surface area contributed by atoms with Crippen LogP contribution in [0.2, 0.25) is 0 Å². The smallest absolute Gasteiger partial charge is 0.127 e. The van der Waals surface area contributed by atoms with Crippen LogP contribution in [0.15, 0.2) is 97.1 Å². The summed E-state index contributed by atoms with van der Waals surface area (Å²) < 4.78 is 16.8. The third-order valence-corrected chi connectivity index (χ3v) is 5.73. The highest BCUT2D eigenvalue weighted by Gasteiger charge is 2.03. The first-order valence-electron chi connectivity index (χ1n) is 11.3. The van der Waals surface area contributed by atoms with Gasteiger partial charge in [0.1, 0.15) is 23.0 Å². The van der Waals surface area contributed by atoms with E-state index in [0.29, 0.717) is 0 Å². The van der Waals surface area contributed by atoms with Crippen LogP contribution >= 0.6 is 0 Å². The highest BCUT2D eigenvalue weighted by Crippen LogP contribution is 2.24. The van der Waals surface area contributed by atoms with E-state index >= 15 is 0 Å². The van der Waals surface area contributed by atoms with E-state index in [0.717, 1.165) is 48.7 Å². The molecule has 4 aromatic carbocycles. The standard InChI is InChI=1S/C30H30O3/c1-31-28-9-3-6-24(20-28)13-12-23-16-18-27(19-17-23)33-30-11-5-8-26(22-30)15-14-25-7-4-10-29(21-25)32-2/h3-11,16-22H,12-15H2,1-2H3. The molecule has 4 rings (SSSR count). The summed E-state index contributed by atoms with van der Waals surface area (Å²) in [5.41, 5.74) is 5.09. The van der Waals surface area contributed by atoms with Crippen molar-refractivity contribution in [3.8, 4) is 23.0 Å². The maximum absolute atomic E-state index is 6.12. The van der Waals surface area contributed by atoms with Crippen LogP contribution in [-0.2, 0) is 25.7 Å². The Bertz CT molecular complexity index is 1170. The zero-order valence-corrected chi connectivity index (χ0v) is 19.3. The third-order valence-electron chi connectivity index (χ3n) is 5.73. The van der Waals surface area contributed by atoms with Gasteiger partial charge in [0.15, 0.2) is 0 Å². The van der Waals surface area contributed by atoms with Gasteiger partial charge in [-0.15, -0.1) is 0 Å². The Morgan fingerprint density at radius 1 is 0.424 bits per heavy atom. The van der Waals surface area contributed by atoms with Crippen molar-refractivity contribution < 1.29 is 14.2 Å². The van der Waals surface area contributed by atoms with Gasteiger partial charge in [0.05, 0.1) is 14.2 Å². The Morgan fingerprint density at radius 2 is 0.848 bits per heavy atom. The van der Waals surface area contributed by atoms with Crippen LogP contribution < -0.4 is 14.2 Å². The third kappa shape index (κ3) is 6.63. The van der Waals surface area contributed by atoms with Crippen LogP contribution in [0.5, 0.6) is 23.0 Å². The van der Waals surface area contributed by atoms with Crippen LogP contribution in [0, 0.1) is 0 Å². The number of aryl methyl sites for hydroxylation is 4. The summed E-state index contributed by atoms with van der Waals surface area (Å²) in [7, 11) is 3.40. The fourth-order valence-electron chi connectivity index (χ4n) is 3.86. The molecular weight excluding hydrogens is 408 g/mol. The van der Waals surface area contributed by atoms with E-state index in [2.05, 4.69) is 54.6 Å². The van der Waals surface area contributed by atoms with Crippen molar-refractivity contribution in [1.82, 2.24) is 0 Å². The molecule has 0 spiro atoms. The number of hydrogen-bond donors (Lipinski definition) is 0. The molecule has 0 saturated carbocycles. The molecule has 0 aliphatic heterocycles. The van der Waals surface area contributed by atoms with Gasteiger partial charge < -0.3 is 14.2 Å². The maximum atomic E-state index is 6.12. The number of benzene rings is 4. The summed E-state index contributed by atoms with van der Waals surface area (Å²) in [4.78, 5) is 0. The number of rotatable bonds is 10. The van der Waals surface area contributed by atoms with Gasteiger partial charge in [-0.25, -0.2) is 0 Å². The second kappa shape index (κ2) is 11.2. The second-order valence-corrected chi connectivity index (χ2v) is 8.10. The van der Waals surface area contributed by atoms with Crippen molar-refractivity contribution in [2.24, 2.45) is 0 Å². The minimum absolute atomic E-state index is 0.852. The van der Waals surface area contributed by atoms with E-state index in [1.165, 1.54) is 22.3 Å². The average Bonchev–Trinajstić information content (AvgIpc) is 2.87. The molecule has 0 radical (unpaired) electrons. The van der Waals surface area contributed by atoms with E-state index in [-0.39, 0.29) is 0 Å². The lowest BCUT2D eigenvalue weighted by Crippen LogP contribution is -1.94. The Balaban J connectivity index is 1.32. The SMILES string of the molecule is COc1cccc(CCc2ccc(Oc3cccc(CCc4cccc(OC)c4)c3)cc2)c1. The van der Waals surface area contributed by atoms with Crippen molar-refractivity contribution in [3.05, 3.63) is 119 Å². The predicted molar refractivity (Wildman–Crippen MR) is 134 cm³/mol. The van der Waals surface area contributed by atoms with Crippen molar-refractivity contribution >= 4 is 0 Å². The monoisotopic (exact) mass is 438 g/mol. The Morgan fingerprint density at radius 3 is 1.33 bits per heavy atom. The predicted octanol–water partition coefficient (Wildman–Crippen LogP) is 7.07. The molecule has 3 nitrogen and oxygen atoms in total. The minimum Gasteiger partial charge on any atom is -0.497 e. The highest BCUT2D eigenvalue weighted by atomic mass is 16.5. The first-order valence-corrected chi connectivity index (χ1v) is 11.3. The van der Waals surface area contributed by atoms with Crippen LogP contribution in [-0.4, -0.2) is 14.2 Å². The molecule has 3 heteroatoms. The molecule has 0 unspecified atom stereocenters. The van der Waals surface area contributed by atoms with Gasteiger partial charge in [0.2, 0.25) is 0 Å². The summed E-state index contributed by atoms with van der Waals surface area (Å²) >= 11 is 0. The molecule has 0 bridgehead atoms. The molecule has 4 aromatic rings. The Labute approximate surface area is 196 Å². The van der Waals surface area contributed by atoms with Gasteiger partial charge in [-0.3, -0.25) is 0 Å². The minimum atomic E-state index is 0.852. The van der Waals surface area contributed by atoms with Crippen molar-refractivity contribution in [1.29, 1.82) is 0 Å². The largest absolute Gasteiger partial charge is 0.497 e. The van der Waals surface area contributed by atoms with E-state index in [9.17, 15) is 0 Å². The van der Waals surface area contributed by atoms with Crippen molar-refractivity contribution in [3.63, 3.8) is 0 Å². The lowest BCUT2D eigenvalue weighted by molar-refractivity contribution is 0.414. The molecule has 0 fully saturated rings. The number of ether oxygens (including phenoxy) is 3. The van der Waals surface area contributed by atoms with E-state index in [1.807, 2.05) is 42.5 Å². The molecule has 33 heavy (non-hydrogen) atoms. The van der Waals surface area contributed by atoms with E-state index in [1.54, 1.807) is 14.2 Å². The Kier molecular flexibility index (Phi) is 7.65. The highest BCUT2D eigenvalue weighted by molar-refractivity contribution is 5.37. The van der Waals surface area contributed by atoms with Crippen LogP contribution in [0.25, 0.3) is 0 Å². The van der Waals surface area contributed by atoms with Crippen LogP contribution in [0.4, 0.5) is 0 Å². The first-order chi connectivity index (χ1) is 16.2. The van der Waals surface area contributed by atoms with E-state index < -0.39 is 0 Å². The van der Waals surface area contributed by atoms with Crippen LogP contribution in [0.1, 0.15) is 22.3 Å². The quantitative estimate of drug-likeness (QED) is 0.265. The molecule has 0 aliphatic carbocycles. The fraction of sp³-hybridized carbons (Fsp3) is 0.200. The van der Waals surface area contributed by atoms with Gasteiger partial charge in [0, 0.05) is 0 Å². The van der Waals surface area contributed by atoms with Gasteiger partial charge in [-0.1, -0.05) is 48.5 Å². The van der Waals surface area contributed by atoms with Crippen molar-refractivity contribution in [2.45, 2.75) is 25.7 Å². The van der Waals surface area contributed by atoms with Crippen LogP contribution in [0.3, 0.4) is 0 Å². The van der Waals surface area contributed by atoms with Gasteiger partial charge in [-0.05, 0) is 96.5 Å². The molecule has 0 N–H and O–H groups in total. The summed E-state index contributed by atoms with van der Waals surface area (Å²) in [6.45, 7) is 0. The van der Waals surface area contributed by atoms with Crippen molar-refractivity contribution in [2.75, 3.05) is 14.2 Å². The molecule has 0 heterocycles. The molecule has 0 amide bonds. The lowest BCUT2D eigenvalue weighted by Gasteiger charge is -2.10. The van der Waals surface area contributed by atoms with Gasteiger partial charge >= 0.3 is 0 Å². The van der Waals surface area contributed by atoms with E-state index in [4.69, 9.17) is 14.2 Å². The number of hydrogen-bond acceptors (Lipinski definition) is 3. The molecule has 0 saturated heterocycles. The summed E-state index contributed by atoms with van der Waals surface area (Å²) in [6, 6.07) is 33.2. The maximum Gasteiger partial charge on any atom is 0.127 e. The first kappa shape index (κ1) is 22.5. The molecule has 0 atom stereocenters. The molecular formula is C30H30O3. The van der Waals surface area contributed by atoms with Gasteiger partial charge in [-0.2, -0.15) is 0 Å². The average molecular weight is 439 g/mol. The summed E-state index contributed by atoms with van der Waals surface area (Å²) in [6.07, 6.45) is 3.87. The zero-order chi connectivity index (χ0) is 22.9. The summed E-state index contributed by atoms with van der Waals surface area (Å²) in [5.74, 6) is 3.52. The fourth-order valence-corrected chi connectivity index (χ4v) is 3.86. The second-order valence-electron chi connectivity index (χ2n) is 8.10. The number of methoxy groups -OCH3 is 2. The normalized spacial score (nSPS) is 10.6. The zero-order valence-electron chi connectivity index (χ0n) is 19.3. The summed E-state index contributed by atoms with van der Waals surface area (Å²) in [5, 5.41) is 0. The van der Waals surface area contributed by atoms with Gasteiger partial charge in [0.25, 0.3) is 0 Å². The molecule has 0 aliphatic rings. The topological polar surface area (TPSA) is 27.7 Å². The Hall–Kier alpha value is -3.72.